The molecule has 108 valence electrons. The van der Waals surface area contributed by atoms with E-state index in [0.717, 1.165) is 29.3 Å². The maximum atomic E-state index is 5.75. The highest BCUT2D eigenvalue weighted by Crippen LogP contribution is 2.35. The van der Waals surface area contributed by atoms with Gasteiger partial charge in [0, 0.05) is 18.2 Å². The van der Waals surface area contributed by atoms with Crippen LogP contribution in [-0.2, 0) is 6.42 Å². The molecular formula is C16H21ClN2S. The summed E-state index contributed by atoms with van der Waals surface area (Å²) in [5, 5.41) is 11.0. The van der Waals surface area contributed by atoms with Crippen molar-refractivity contribution < 1.29 is 0 Å². The van der Waals surface area contributed by atoms with E-state index in [1.807, 2.05) is 0 Å². The van der Waals surface area contributed by atoms with E-state index in [2.05, 4.69) is 54.4 Å². The Hall–Kier alpha value is -0.930. The second-order valence-corrected chi connectivity index (χ2v) is 6.57. The topological polar surface area (TPSA) is 25.8 Å². The summed E-state index contributed by atoms with van der Waals surface area (Å²) < 4.78 is 0. The molecule has 1 heterocycles. The van der Waals surface area contributed by atoms with E-state index in [1.54, 1.807) is 11.3 Å². The zero-order valence-electron chi connectivity index (χ0n) is 12.1. The minimum atomic E-state index is 0.350. The van der Waals surface area contributed by atoms with Crippen LogP contribution in [0.3, 0.4) is 0 Å². The number of nitrogens with zero attached hydrogens (tertiary/aromatic N) is 2. The molecule has 0 spiro atoms. The molecule has 0 N–H and O–H groups in total. The highest BCUT2D eigenvalue weighted by atomic mass is 35.5. The van der Waals surface area contributed by atoms with Crippen molar-refractivity contribution >= 4 is 22.9 Å². The van der Waals surface area contributed by atoms with Crippen molar-refractivity contribution in [2.45, 2.75) is 39.0 Å². The summed E-state index contributed by atoms with van der Waals surface area (Å²) in [4.78, 5) is 0. The number of alkyl halides is 1. The monoisotopic (exact) mass is 308 g/mol. The fraction of sp³-hybridized carbons (Fsp3) is 0.500. The molecule has 0 aliphatic heterocycles. The van der Waals surface area contributed by atoms with Crippen molar-refractivity contribution in [3.8, 4) is 0 Å². The first-order valence-electron chi connectivity index (χ1n) is 7.19. The Morgan fingerprint density at radius 3 is 2.60 bits per heavy atom. The zero-order chi connectivity index (χ0) is 14.4. The molecule has 0 saturated carbocycles. The van der Waals surface area contributed by atoms with E-state index in [4.69, 9.17) is 11.6 Å². The molecule has 0 radical (unpaired) electrons. The van der Waals surface area contributed by atoms with Gasteiger partial charge in [0.05, 0.1) is 0 Å². The number of benzene rings is 1. The lowest BCUT2D eigenvalue weighted by Gasteiger charge is -2.20. The molecule has 0 saturated heterocycles. The van der Waals surface area contributed by atoms with Crippen molar-refractivity contribution in [1.82, 2.24) is 10.2 Å². The lowest BCUT2D eigenvalue weighted by Crippen LogP contribution is -2.10. The van der Waals surface area contributed by atoms with E-state index in [1.165, 1.54) is 5.56 Å². The van der Waals surface area contributed by atoms with E-state index >= 15 is 0 Å². The highest BCUT2D eigenvalue weighted by Gasteiger charge is 2.23. The van der Waals surface area contributed by atoms with Crippen LogP contribution in [0.4, 0.5) is 0 Å². The summed E-state index contributed by atoms with van der Waals surface area (Å²) in [6.07, 6.45) is 3.04. The molecule has 2 atom stereocenters. The molecule has 0 amide bonds. The number of hydrogen-bond acceptors (Lipinski definition) is 3. The van der Waals surface area contributed by atoms with Crippen LogP contribution < -0.4 is 0 Å². The smallest absolute Gasteiger partial charge is 0.125 e. The lowest BCUT2D eigenvalue weighted by molar-refractivity contribution is 0.492. The first kappa shape index (κ1) is 15.5. The van der Waals surface area contributed by atoms with Crippen LogP contribution >= 0.6 is 22.9 Å². The SMILES string of the molecule is CCC(C)C(c1ccccc1)c1nnc(CCCCl)s1. The van der Waals surface area contributed by atoms with Crippen molar-refractivity contribution in [3.63, 3.8) is 0 Å². The molecule has 4 heteroatoms. The second kappa shape index (κ2) is 7.75. The molecule has 2 aromatic rings. The molecule has 1 aromatic carbocycles. The van der Waals surface area contributed by atoms with Crippen molar-refractivity contribution in [2.75, 3.05) is 5.88 Å². The molecule has 1 aromatic heterocycles. The summed E-state index contributed by atoms with van der Waals surface area (Å²) in [6, 6.07) is 10.6. The second-order valence-electron chi connectivity index (χ2n) is 5.10. The van der Waals surface area contributed by atoms with E-state index in [9.17, 15) is 0 Å². The van der Waals surface area contributed by atoms with Gasteiger partial charge in [0.1, 0.15) is 10.0 Å². The summed E-state index contributed by atoms with van der Waals surface area (Å²) in [5.41, 5.74) is 1.34. The van der Waals surface area contributed by atoms with Gasteiger partial charge in [0.15, 0.2) is 0 Å². The Balaban J connectivity index is 2.25. The maximum absolute atomic E-state index is 5.75. The fourth-order valence-electron chi connectivity index (χ4n) is 2.32. The summed E-state index contributed by atoms with van der Waals surface area (Å²) in [6.45, 7) is 4.52. The molecule has 0 aliphatic rings. The standard InChI is InChI=1S/C16H21ClN2S/c1-3-12(2)15(13-8-5-4-6-9-13)16-19-18-14(20-16)10-7-11-17/h4-6,8-9,12,15H,3,7,10-11H2,1-2H3. The third-order valence-corrected chi connectivity index (χ3v) is 4.98. The van der Waals surface area contributed by atoms with E-state index < -0.39 is 0 Å². The van der Waals surface area contributed by atoms with Crippen molar-refractivity contribution in [1.29, 1.82) is 0 Å². The van der Waals surface area contributed by atoms with Crippen molar-refractivity contribution in [3.05, 3.63) is 45.9 Å². The third-order valence-electron chi connectivity index (χ3n) is 3.64. The normalized spacial score (nSPS) is 14.2. The van der Waals surface area contributed by atoms with Crippen LogP contribution in [0.5, 0.6) is 0 Å². The van der Waals surface area contributed by atoms with Gasteiger partial charge in [-0.3, -0.25) is 0 Å². The van der Waals surface area contributed by atoms with Crippen LogP contribution in [0.2, 0.25) is 0 Å². The van der Waals surface area contributed by atoms with Crippen LogP contribution in [0, 0.1) is 5.92 Å². The number of aromatic nitrogens is 2. The predicted molar refractivity (Wildman–Crippen MR) is 86.7 cm³/mol. The Labute approximate surface area is 130 Å². The minimum absolute atomic E-state index is 0.350. The molecule has 0 aliphatic carbocycles. The third kappa shape index (κ3) is 3.80. The molecule has 20 heavy (non-hydrogen) atoms. The molecule has 2 rings (SSSR count). The van der Waals surface area contributed by atoms with Crippen LogP contribution in [0.25, 0.3) is 0 Å². The minimum Gasteiger partial charge on any atom is -0.144 e. The van der Waals surface area contributed by atoms with Gasteiger partial charge < -0.3 is 0 Å². The van der Waals surface area contributed by atoms with Gasteiger partial charge in [-0.15, -0.1) is 33.1 Å². The number of hydrogen-bond donors (Lipinski definition) is 0. The maximum Gasteiger partial charge on any atom is 0.125 e. The lowest BCUT2D eigenvalue weighted by atomic mass is 9.86. The molecule has 2 nitrogen and oxygen atoms in total. The van der Waals surface area contributed by atoms with E-state index in [-0.39, 0.29) is 0 Å². The molecular weight excluding hydrogens is 288 g/mol. The largest absolute Gasteiger partial charge is 0.144 e. The summed E-state index contributed by atoms with van der Waals surface area (Å²) in [5.74, 6) is 1.59. The fourth-order valence-corrected chi connectivity index (χ4v) is 3.60. The van der Waals surface area contributed by atoms with Crippen LogP contribution in [0.15, 0.2) is 30.3 Å². The summed E-state index contributed by atoms with van der Waals surface area (Å²) in [7, 11) is 0. The Bertz CT molecular complexity index is 512. The Kier molecular flexibility index (Phi) is 5.99. The summed E-state index contributed by atoms with van der Waals surface area (Å²) >= 11 is 7.48. The number of rotatable bonds is 7. The zero-order valence-corrected chi connectivity index (χ0v) is 13.6. The number of halogens is 1. The predicted octanol–water partition coefficient (Wildman–Crippen LogP) is 4.89. The van der Waals surface area contributed by atoms with Crippen molar-refractivity contribution in [2.24, 2.45) is 5.92 Å². The molecule has 0 fully saturated rings. The van der Waals surface area contributed by atoms with Gasteiger partial charge in [0.25, 0.3) is 0 Å². The van der Waals surface area contributed by atoms with Gasteiger partial charge in [0.2, 0.25) is 0 Å². The van der Waals surface area contributed by atoms with Crippen LogP contribution in [0.1, 0.15) is 48.2 Å². The van der Waals surface area contributed by atoms with Gasteiger partial charge >= 0.3 is 0 Å². The Morgan fingerprint density at radius 1 is 1.20 bits per heavy atom. The highest BCUT2D eigenvalue weighted by molar-refractivity contribution is 7.11. The van der Waals surface area contributed by atoms with Gasteiger partial charge in [-0.25, -0.2) is 0 Å². The average Bonchev–Trinajstić information content (AvgIpc) is 2.94. The van der Waals surface area contributed by atoms with E-state index in [0.29, 0.717) is 17.7 Å². The first-order valence-corrected chi connectivity index (χ1v) is 8.54. The van der Waals surface area contributed by atoms with Gasteiger partial charge in [-0.2, -0.15) is 0 Å². The molecule has 0 bridgehead atoms. The first-order chi connectivity index (χ1) is 9.76. The number of aryl methyl sites for hydroxylation is 1. The van der Waals surface area contributed by atoms with Gasteiger partial charge in [-0.1, -0.05) is 50.6 Å². The quantitative estimate of drug-likeness (QED) is 0.681. The average molecular weight is 309 g/mol. The van der Waals surface area contributed by atoms with Gasteiger partial charge in [-0.05, 0) is 17.9 Å². The van der Waals surface area contributed by atoms with Crippen LogP contribution in [-0.4, -0.2) is 16.1 Å². The Morgan fingerprint density at radius 2 is 1.95 bits per heavy atom. The molecule has 2 unspecified atom stereocenters.